The summed E-state index contributed by atoms with van der Waals surface area (Å²) in [5, 5.41) is 10.2. The highest BCUT2D eigenvalue weighted by molar-refractivity contribution is 5.80. The van der Waals surface area contributed by atoms with Gasteiger partial charge in [-0.15, -0.1) is 10.2 Å². The molecule has 0 radical (unpaired) electrons. The maximum Gasteiger partial charge on any atom is 0.451 e. The molecule has 1 saturated carbocycles. The molecular formula is C33H39F4N7O2. The summed E-state index contributed by atoms with van der Waals surface area (Å²) in [6, 6.07) is 16.6. The largest absolute Gasteiger partial charge is 0.451 e. The van der Waals surface area contributed by atoms with E-state index in [2.05, 4.69) is 37.4 Å². The maximum absolute atomic E-state index is 13.5. The zero-order valence-electron chi connectivity index (χ0n) is 25.7. The second kappa shape index (κ2) is 13.4. The third-order valence-corrected chi connectivity index (χ3v) is 9.71. The van der Waals surface area contributed by atoms with Crippen LogP contribution in [0.5, 0.6) is 0 Å². The average Bonchev–Trinajstić information content (AvgIpc) is 3.69. The topological polar surface area (TPSA) is 86.6 Å². The van der Waals surface area contributed by atoms with E-state index in [1.54, 1.807) is 17.0 Å². The van der Waals surface area contributed by atoms with Crippen LogP contribution in [-0.4, -0.2) is 75.6 Å². The summed E-state index contributed by atoms with van der Waals surface area (Å²) in [5.41, 5.74) is 1.61. The molecule has 1 saturated heterocycles. The lowest BCUT2D eigenvalue weighted by atomic mass is 9.78. The molecule has 1 aromatic heterocycles. The molecule has 3 aromatic rings. The molecule has 2 aliphatic heterocycles. The van der Waals surface area contributed by atoms with Crippen molar-refractivity contribution in [3.8, 4) is 0 Å². The molecule has 1 unspecified atom stereocenters. The van der Waals surface area contributed by atoms with Crippen LogP contribution >= 0.6 is 0 Å². The van der Waals surface area contributed by atoms with Gasteiger partial charge in [-0.3, -0.25) is 14.5 Å². The van der Waals surface area contributed by atoms with Crippen LogP contribution in [0.1, 0.15) is 61.8 Å². The van der Waals surface area contributed by atoms with Crippen molar-refractivity contribution in [2.45, 2.75) is 63.8 Å². The number of hydrogen-bond acceptors (Lipinski definition) is 6. The van der Waals surface area contributed by atoms with E-state index in [4.69, 9.17) is 0 Å². The van der Waals surface area contributed by atoms with Gasteiger partial charge in [-0.2, -0.15) is 13.2 Å². The quantitative estimate of drug-likeness (QED) is 0.338. The summed E-state index contributed by atoms with van der Waals surface area (Å²) in [6.07, 6.45) is -0.848. The minimum absolute atomic E-state index is 0.0184. The minimum Gasteiger partial charge on any atom is -0.369 e. The second-order valence-electron chi connectivity index (χ2n) is 12.7. The van der Waals surface area contributed by atoms with Gasteiger partial charge in [0.25, 0.3) is 0 Å². The number of fused-ring (bicyclic) bond motifs is 1. The van der Waals surface area contributed by atoms with Crippen LogP contribution in [-0.2, 0) is 28.9 Å². The Kier molecular flexibility index (Phi) is 9.30. The van der Waals surface area contributed by atoms with Gasteiger partial charge in [0, 0.05) is 64.3 Å². The number of anilines is 1. The normalized spacial score (nSPS) is 19.1. The first kappa shape index (κ1) is 32.0. The zero-order valence-corrected chi connectivity index (χ0v) is 25.7. The van der Waals surface area contributed by atoms with Gasteiger partial charge in [0.1, 0.15) is 5.82 Å². The first-order chi connectivity index (χ1) is 22.1. The molecule has 1 atom stereocenters. The molecule has 6 rings (SSSR count). The van der Waals surface area contributed by atoms with E-state index < -0.39 is 17.4 Å². The summed E-state index contributed by atoms with van der Waals surface area (Å²) in [5.74, 6) is -1.45. The van der Waals surface area contributed by atoms with Crippen LogP contribution in [0.2, 0.25) is 0 Å². The Morgan fingerprint density at radius 1 is 0.870 bits per heavy atom. The van der Waals surface area contributed by atoms with E-state index in [-0.39, 0.29) is 62.0 Å². The third-order valence-electron chi connectivity index (χ3n) is 9.71. The predicted molar refractivity (Wildman–Crippen MR) is 163 cm³/mol. The average molecular weight is 642 g/mol. The zero-order chi connectivity index (χ0) is 32.3. The maximum atomic E-state index is 13.5. The number of amides is 2. The molecule has 246 valence electrons. The fraction of sp³-hybridized carbons (Fsp3) is 0.515. The smallest absolute Gasteiger partial charge is 0.369 e. The predicted octanol–water partition coefficient (Wildman–Crippen LogP) is 4.80. The second-order valence-corrected chi connectivity index (χ2v) is 12.7. The van der Waals surface area contributed by atoms with Crippen molar-refractivity contribution < 1.29 is 27.2 Å². The highest BCUT2D eigenvalue weighted by Gasteiger charge is 2.42. The Bertz CT molecular complexity index is 1500. The molecule has 1 N–H and O–H groups in total. The van der Waals surface area contributed by atoms with Gasteiger partial charge >= 0.3 is 6.18 Å². The van der Waals surface area contributed by atoms with Crippen LogP contribution in [0.25, 0.3) is 0 Å². The van der Waals surface area contributed by atoms with Crippen molar-refractivity contribution in [1.82, 2.24) is 29.9 Å². The van der Waals surface area contributed by atoms with Crippen molar-refractivity contribution in [2.75, 3.05) is 44.2 Å². The van der Waals surface area contributed by atoms with Gasteiger partial charge in [-0.25, -0.2) is 4.39 Å². The molecule has 0 bridgehead atoms. The van der Waals surface area contributed by atoms with Gasteiger partial charge < -0.3 is 19.7 Å². The van der Waals surface area contributed by atoms with Crippen LogP contribution in [0, 0.1) is 11.2 Å². The van der Waals surface area contributed by atoms with Crippen LogP contribution in [0.3, 0.4) is 0 Å². The lowest BCUT2D eigenvalue weighted by Crippen LogP contribution is -2.50. The molecule has 2 aromatic carbocycles. The van der Waals surface area contributed by atoms with Crippen LogP contribution in [0.4, 0.5) is 23.2 Å². The number of aromatic nitrogens is 3. The van der Waals surface area contributed by atoms with Gasteiger partial charge in [0.2, 0.25) is 17.6 Å². The van der Waals surface area contributed by atoms with E-state index in [0.29, 0.717) is 6.54 Å². The van der Waals surface area contributed by atoms with Crippen LogP contribution in [0.15, 0.2) is 54.6 Å². The van der Waals surface area contributed by atoms with E-state index in [9.17, 15) is 27.2 Å². The molecule has 2 amide bonds. The number of benzene rings is 2. The van der Waals surface area contributed by atoms with E-state index >= 15 is 0 Å². The van der Waals surface area contributed by atoms with E-state index in [1.807, 2.05) is 18.2 Å². The number of piperazine rings is 1. The van der Waals surface area contributed by atoms with Crippen molar-refractivity contribution >= 4 is 17.5 Å². The molecular weight excluding hydrogens is 602 g/mol. The Labute approximate surface area is 265 Å². The summed E-state index contributed by atoms with van der Waals surface area (Å²) >= 11 is 0. The molecule has 2 fully saturated rings. The Hall–Kier alpha value is -4.00. The molecule has 46 heavy (non-hydrogen) atoms. The lowest BCUT2D eigenvalue weighted by molar-refractivity contribution is -0.148. The number of rotatable bonds is 9. The summed E-state index contributed by atoms with van der Waals surface area (Å²) in [6.45, 7) is 3.62. The minimum atomic E-state index is -4.60. The monoisotopic (exact) mass is 641 g/mol. The number of halogens is 4. The first-order valence-electron chi connectivity index (χ1n) is 15.9. The van der Waals surface area contributed by atoms with Gasteiger partial charge in [-0.05, 0) is 48.1 Å². The van der Waals surface area contributed by atoms with Crippen LogP contribution < -0.4 is 10.2 Å². The van der Waals surface area contributed by atoms with Crippen molar-refractivity contribution in [2.24, 2.45) is 5.41 Å². The number of alkyl halides is 3. The Morgan fingerprint density at radius 3 is 2.24 bits per heavy atom. The summed E-state index contributed by atoms with van der Waals surface area (Å²) in [7, 11) is 0. The molecule has 1 aliphatic carbocycles. The van der Waals surface area contributed by atoms with Crippen molar-refractivity contribution in [3.63, 3.8) is 0 Å². The summed E-state index contributed by atoms with van der Waals surface area (Å²) in [4.78, 5) is 33.1. The SMILES string of the molecule is O=C(CC1(CC(=O)N2CCn3c(nnc3C(F)(F)F)C2)CCCC1)NCC(c1ccccc1)N1CCN(c2ccc(F)cc2)CC1. The molecule has 13 heteroatoms. The fourth-order valence-electron chi connectivity index (χ4n) is 7.24. The van der Waals surface area contributed by atoms with Crippen molar-refractivity contribution in [1.29, 1.82) is 0 Å². The Balaban J connectivity index is 1.07. The van der Waals surface area contributed by atoms with Crippen molar-refractivity contribution in [3.05, 3.63) is 77.6 Å². The number of carbonyl (C=O) groups is 2. The number of nitrogens with zero attached hydrogens (tertiary/aromatic N) is 6. The Morgan fingerprint density at radius 2 is 1.57 bits per heavy atom. The number of nitrogens with one attached hydrogen (secondary N) is 1. The summed E-state index contributed by atoms with van der Waals surface area (Å²) < 4.78 is 54.2. The first-order valence-corrected chi connectivity index (χ1v) is 15.9. The number of carbonyl (C=O) groups excluding carboxylic acids is 2. The standard InChI is InChI=1S/C33H39F4N7O2/c34-25-8-10-26(11-9-25)41-14-16-42(17-15-41)27(24-6-2-1-3-7-24)22-38-29(45)20-32(12-4-5-13-32)21-30(46)43-18-19-44-28(23-43)39-40-31(44)33(35,36)37/h1-3,6-11,27H,4-5,12-23H2,(H,38,45). The molecule has 3 heterocycles. The van der Waals surface area contributed by atoms with E-state index in [0.717, 1.165) is 67.7 Å². The highest BCUT2D eigenvalue weighted by Crippen LogP contribution is 2.45. The van der Waals surface area contributed by atoms with Gasteiger partial charge in [0.05, 0.1) is 12.6 Å². The molecule has 3 aliphatic rings. The fourth-order valence-corrected chi connectivity index (χ4v) is 7.24. The third kappa shape index (κ3) is 7.19. The van der Waals surface area contributed by atoms with Gasteiger partial charge in [-0.1, -0.05) is 43.2 Å². The van der Waals surface area contributed by atoms with Gasteiger partial charge in [0.15, 0.2) is 5.82 Å². The van der Waals surface area contributed by atoms with E-state index in [1.165, 1.54) is 12.1 Å². The molecule has 9 nitrogen and oxygen atoms in total. The lowest BCUT2D eigenvalue weighted by Gasteiger charge is -2.40. The molecule has 0 spiro atoms. The highest BCUT2D eigenvalue weighted by atomic mass is 19.4. The number of hydrogen-bond donors (Lipinski definition) is 1.